The van der Waals surface area contributed by atoms with Crippen molar-refractivity contribution in [2.45, 2.75) is 37.2 Å². The third-order valence-corrected chi connectivity index (χ3v) is 4.91. The molecule has 0 fully saturated rings. The van der Waals surface area contributed by atoms with Gasteiger partial charge in [-0.3, -0.25) is 14.2 Å². The molecule has 0 aliphatic heterocycles. The molecule has 2 aromatic rings. The van der Waals surface area contributed by atoms with Gasteiger partial charge in [0.25, 0.3) is 5.56 Å². The zero-order valence-electron chi connectivity index (χ0n) is 15.3. The van der Waals surface area contributed by atoms with Gasteiger partial charge in [0.05, 0.1) is 16.2 Å². The van der Waals surface area contributed by atoms with Crippen molar-refractivity contribution in [2.24, 2.45) is 0 Å². The fourth-order valence-electron chi connectivity index (χ4n) is 2.51. The summed E-state index contributed by atoms with van der Waals surface area (Å²) in [6.45, 7) is 5.78. The second kappa shape index (κ2) is 9.01. The lowest BCUT2D eigenvalue weighted by molar-refractivity contribution is -0.120. The van der Waals surface area contributed by atoms with E-state index in [2.05, 4.69) is 15.2 Å². The van der Waals surface area contributed by atoms with Gasteiger partial charge >= 0.3 is 0 Å². The molecule has 25 heavy (non-hydrogen) atoms. The van der Waals surface area contributed by atoms with Crippen LogP contribution in [0.15, 0.2) is 34.2 Å². The van der Waals surface area contributed by atoms with Gasteiger partial charge in [0.15, 0.2) is 5.16 Å². The third-order valence-electron chi connectivity index (χ3n) is 3.82. The van der Waals surface area contributed by atoms with Crippen LogP contribution in [0.2, 0.25) is 0 Å². The fraction of sp³-hybridized carbons (Fsp3) is 0.500. The van der Waals surface area contributed by atoms with Crippen molar-refractivity contribution >= 4 is 28.6 Å². The lowest BCUT2D eigenvalue weighted by atomic mass is 10.2. The Kier molecular flexibility index (Phi) is 7.01. The van der Waals surface area contributed by atoms with E-state index in [0.29, 0.717) is 29.1 Å². The second-order valence-corrected chi connectivity index (χ2v) is 7.49. The Hall–Kier alpha value is -1.86. The summed E-state index contributed by atoms with van der Waals surface area (Å²) in [5, 5.41) is 3.71. The predicted octanol–water partition coefficient (Wildman–Crippen LogP) is 1.96. The normalized spacial score (nSPS) is 12.5. The van der Waals surface area contributed by atoms with E-state index in [1.165, 1.54) is 11.8 Å². The van der Waals surface area contributed by atoms with E-state index in [-0.39, 0.29) is 16.7 Å². The number of fused-ring (bicyclic) bond motifs is 1. The highest BCUT2D eigenvalue weighted by atomic mass is 32.2. The first-order valence-corrected chi connectivity index (χ1v) is 9.40. The average molecular weight is 362 g/mol. The van der Waals surface area contributed by atoms with Crippen molar-refractivity contribution in [3.63, 3.8) is 0 Å². The molecular formula is C18H26N4O2S. The molecule has 6 nitrogen and oxygen atoms in total. The molecule has 1 aromatic heterocycles. The summed E-state index contributed by atoms with van der Waals surface area (Å²) in [5.74, 6) is -0.0465. The third kappa shape index (κ3) is 5.06. The predicted molar refractivity (Wildman–Crippen MR) is 103 cm³/mol. The minimum Gasteiger partial charge on any atom is -0.355 e. The van der Waals surface area contributed by atoms with Gasteiger partial charge in [-0.05, 0) is 53.0 Å². The topological polar surface area (TPSA) is 67.2 Å². The molecule has 0 aliphatic rings. The van der Waals surface area contributed by atoms with E-state index in [9.17, 15) is 9.59 Å². The smallest absolute Gasteiger partial charge is 0.262 e. The number of benzene rings is 1. The molecule has 0 radical (unpaired) electrons. The molecule has 0 saturated carbocycles. The Balaban J connectivity index is 2.37. The van der Waals surface area contributed by atoms with Gasteiger partial charge in [-0.15, -0.1) is 0 Å². The molecule has 0 aliphatic carbocycles. The van der Waals surface area contributed by atoms with E-state index in [1.54, 1.807) is 10.6 Å². The van der Waals surface area contributed by atoms with E-state index in [1.807, 2.05) is 46.1 Å². The van der Waals surface area contributed by atoms with Crippen LogP contribution in [-0.2, 0) is 11.3 Å². The Morgan fingerprint density at radius 2 is 2.08 bits per heavy atom. The van der Waals surface area contributed by atoms with Gasteiger partial charge < -0.3 is 10.2 Å². The van der Waals surface area contributed by atoms with Gasteiger partial charge in [0, 0.05) is 13.1 Å². The average Bonchev–Trinajstić information content (AvgIpc) is 2.57. The highest BCUT2D eigenvalue weighted by molar-refractivity contribution is 8.00. The van der Waals surface area contributed by atoms with Crippen LogP contribution in [0.25, 0.3) is 10.9 Å². The monoisotopic (exact) mass is 362 g/mol. The van der Waals surface area contributed by atoms with Crippen molar-refractivity contribution in [3.05, 3.63) is 34.6 Å². The van der Waals surface area contributed by atoms with Crippen LogP contribution >= 0.6 is 11.8 Å². The summed E-state index contributed by atoms with van der Waals surface area (Å²) in [4.78, 5) is 31.7. The molecule has 1 amide bonds. The van der Waals surface area contributed by atoms with Crippen LogP contribution in [0.4, 0.5) is 0 Å². The molecule has 0 saturated heterocycles. The summed E-state index contributed by atoms with van der Waals surface area (Å²) in [5.41, 5.74) is 0.622. The van der Waals surface area contributed by atoms with Crippen LogP contribution in [-0.4, -0.2) is 52.8 Å². The van der Waals surface area contributed by atoms with Gasteiger partial charge in [0.1, 0.15) is 0 Å². The van der Waals surface area contributed by atoms with Crippen molar-refractivity contribution in [1.82, 2.24) is 19.8 Å². The molecule has 1 N–H and O–H groups in total. The second-order valence-electron chi connectivity index (χ2n) is 6.18. The van der Waals surface area contributed by atoms with Gasteiger partial charge in [-0.1, -0.05) is 23.9 Å². The molecule has 0 bridgehead atoms. The number of carbonyl (C=O) groups excluding carboxylic acids is 1. The molecule has 0 unspecified atom stereocenters. The summed E-state index contributed by atoms with van der Waals surface area (Å²) in [6, 6.07) is 7.35. The molecule has 136 valence electrons. The number of amides is 1. The number of hydrogen-bond donors (Lipinski definition) is 1. The minimum absolute atomic E-state index is 0.0463. The van der Waals surface area contributed by atoms with Gasteiger partial charge in [0.2, 0.25) is 5.91 Å². The van der Waals surface area contributed by atoms with Gasteiger partial charge in [-0.2, -0.15) is 0 Å². The molecular weight excluding hydrogens is 336 g/mol. The minimum atomic E-state index is -0.312. The van der Waals surface area contributed by atoms with Crippen LogP contribution in [0.3, 0.4) is 0 Å². The van der Waals surface area contributed by atoms with E-state index in [0.717, 1.165) is 13.0 Å². The van der Waals surface area contributed by atoms with Crippen molar-refractivity contribution in [3.8, 4) is 0 Å². The zero-order valence-corrected chi connectivity index (χ0v) is 16.1. The number of nitrogens with one attached hydrogen (secondary N) is 1. The number of rotatable bonds is 8. The Morgan fingerprint density at radius 1 is 1.36 bits per heavy atom. The first kappa shape index (κ1) is 19.5. The van der Waals surface area contributed by atoms with Crippen LogP contribution in [0.1, 0.15) is 20.3 Å². The lowest BCUT2D eigenvalue weighted by Gasteiger charge is -2.17. The quantitative estimate of drug-likeness (QED) is 0.574. The number of carbonyl (C=O) groups is 1. The number of thioether (sulfide) groups is 1. The maximum atomic E-state index is 12.9. The molecule has 7 heteroatoms. The maximum Gasteiger partial charge on any atom is 0.262 e. The SMILES string of the molecule is CCNC(=O)[C@@H](C)Sc1nc2ccccc2c(=O)n1CCCN(C)C. The first-order chi connectivity index (χ1) is 11.9. The molecule has 1 atom stereocenters. The fourth-order valence-corrected chi connectivity index (χ4v) is 3.47. The number of nitrogens with zero attached hydrogens (tertiary/aromatic N) is 3. The van der Waals surface area contributed by atoms with E-state index >= 15 is 0 Å². The summed E-state index contributed by atoms with van der Waals surface area (Å²) >= 11 is 1.33. The van der Waals surface area contributed by atoms with Crippen molar-refractivity contribution < 1.29 is 4.79 Å². The number of para-hydroxylation sites is 1. The number of hydrogen-bond acceptors (Lipinski definition) is 5. The highest BCUT2D eigenvalue weighted by Gasteiger charge is 2.18. The highest BCUT2D eigenvalue weighted by Crippen LogP contribution is 2.22. The molecule has 2 rings (SSSR count). The van der Waals surface area contributed by atoms with Crippen LogP contribution in [0, 0.1) is 0 Å². The Labute approximate surface area is 152 Å². The van der Waals surface area contributed by atoms with E-state index < -0.39 is 0 Å². The summed E-state index contributed by atoms with van der Waals surface area (Å²) in [7, 11) is 4.02. The Morgan fingerprint density at radius 3 is 2.76 bits per heavy atom. The largest absolute Gasteiger partial charge is 0.355 e. The Bertz CT molecular complexity index is 788. The van der Waals surface area contributed by atoms with Crippen molar-refractivity contribution in [1.29, 1.82) is 0 Å². The molecule has 1 aromatic carbocycles. The van der Waals surface area contributed by atoms with E-state index in [4.69, 9.17) is 0 Å². The van der Waals surface area contributed by atoms with Crippen LogP contribution < -0.4 is 10.9 Å². The number of aromatic nitrogens is 2. The zero-order chi connectivity index (χ0) is 18.4. The summed E-state index contributed by atoms with van der Waals surface area (Å²) < 4.78 is 1.70. The lowest BCUT2D eigenvalue weighted by Crippen LogP contribution is -2.32. The maximum absolute atomic E-state index is 12.9. The van der Waals surface area contributed by atoms with Crippen LogP contribution in [0.5, 0.6) is 0 Å². The molecule has 0 spiro atoms. The standard InChI is InChI=1S/C18H26N4O2S/c1-5-19-16(23)13(2)25-18-20-15-10-7-6-9-14(15)17(24)22(18)12-8-11-21(3)4/h6-7,9-10,13H,5,8,11-12H2,1-4H3,(H,19,23)/t13-/m1/s1. The summed E-state index contributed by atoms with van der Waals surface area (Å²) in [6.07, 6.45) is 0.843. The molecule has 1 heterocycles. The van der Waals surface area contributed by atoms with Crippen molar-refractivity contribution in [2.75, 3.05) is 27.2 Å². The van der Waals surface area contributed by atoms with Gasteiger partial charge in [-0.25, -0.2) is 4.98 Å². The first-order valence-electron chi connectivity index (χ1n) is 8.52.